The first-order chi connectivity index (χ1) is 16.3. The lowest BCUT2D eigenvalue weighted by atomic mass is 9.77. The van der Waals surface area contributed by atoms with Crippen LogP contribution in [0, 0.1) is 11.3 Å². The van der Waals surface area contributed by atoms with Gasteiger partial charge in [-0.1, -0.05) is 37.3 Å². The number of nitrogens with zero attached hydrogens (tertiary/aromatic N) is 2. The van der Waals surface area contributed by atoms with E-state index in [1.807, 2.05) is 38.2 Å². The number of methoxy groups -OCH3 is 2. The van der Waals surface area contributed by atoms with Gasteiger partial charge in [0, 0.05) is 24.1 Å². The van der Waals surface area contributed by atoms with Crippen molar-refractivity contribution >= 4 is 11.8 Å². The molecule has 0 aromatic heterocycles. The minimum Gasteiger partial charge on any atom is -0.496 e. The molecule has 0 saturated carbocycles. The zero-order valence-electron chi connectivity index (χ0n) is 20.5. The molecule has 7 nitrogen and oxygen atoms in total. The van der Waals surface area contributed by atoms with Crippen LogP contribution in [0.4, 0.5) is 0 Å². The van der Waals surface area contributed by atoms with Gasteiger partial charge in [-0.15, -0.1) is 0 Å². The minimum absolute atomic E-state index is 0.137. The largest absolute Gasteiger partial charge is 0.496 e. The van der Waals surface area contributed by atoms with Gasteiger partial charge in [0.2, 0.25) is 0 Å². The molecule has 2 aromatic rings. The van der Waals surface area contributed by atoms with Gasteiger partial charge < -0.3 is 19.5 Å². The van der Waals surface area contributed by atoms with E-state index in [-0.39, 0.29) is 18.8 Å². The third-order valence-electron chi connectivity index (χ3n) is 6.14. The van der Waals surface area contributed by atoms with E-state index >= 15 is 0 Å². The summed E-state index contributed by atoms with van der Waals surface area (Å²) in [5, 5.41) is 19.7. The molecule has 0 aliphatic rings. The van der Waals surface area contributed by atoms with E-state index in [0.29, 0.717) is 36.3 Å². The van der Waals surface area contributed by atoms with Crippen molar-refractivity contribution in [1.29, 1.82) is 5.26 Å². The highest BCUT2D eigenvalue weighted by Crippen LogP contribution is 2.34. The Morgan fingerprint density at radius 3 is 2.38 bits per heavy atom. The van der Waals surface area contributed by atoms with Gasteiger partial charge >= 0.3 is 5.97 Å². The van der Waals surface area contributed by atoms with E-state index in [0.717, 1.165) is 24.1 Å². The number of hydrogen-bond acceptors (Lipinski definition) is 7. The van der Waals surface area contributed by atoms with E-state index in [9.17, 15) is 20.0 Å². The Hall–Kier alpha value is -3.21. The molecule has 2 rings (SSSR count). The standard InChI is InChI=1S/C27H34N2O5/c1-5-24(31)21-9-7-20(8-10-21)13-16-29(2)15-6-14-27(19-28,26(32)34-4)23-11-12-25(33-3)22(17-23)18-30/h7-12,17,30H,5-6,13-16,18H2,1-4H3. The summed E-state index contributed by atoms with van der Waals surface area (Å²) >= 11 is 0. The summed E-state index contributed by atoms with van der Waals surface area (Å²) in [6, 6.07) is 14.8. The van der Waals surface area contributed by atoms with Crippen LogP contribution >= 0.6 is 0 Å². The number of ketones is 1. The predicted molar refractivity (Wildman–Crippen MR) is 130 cm³/mol. The van der Waals surface area contributed by atoms with Gasteiger partial charge in [0.25, 0.3) is 0 Å². The van der Waals surface area contributed by atoms with E-state index in [2.05, 4.69) is 11.0 Å². The van der Waals surface area contributed by atoms with Crippen LogP contribution in [0.2, 0.25) is 0 Å². The molecule has 0 amide bonds. The molecule has 0 radical (unpaired) electrons. The third kappa shape index (κ3) is 6.43. The van der Waals surface area contributed by atoms with Crippen LogP contribution in [0.1, 0.15) is 53.2 Å². The molecule has 0 heterocycles. The van der Waals surface area contributed by atoms with Crippen molar-refractivity contribution in [2.75, 3.05) is 34.4 Å². The molecule has 0 fully saturated rings. The average Bonchev–Trinajstić information content (AvgIpc) is 2.89. The first kappa shape index (κ1) is 27.0. The van der Waals surface area contributed by atoms with Crippen LogP contribution in [0.25, 0.3) is 0 Å². The molecule has 7 heteroatoms. The minimum atomic E-state index is -1.46. The Bertz CT molecular complexity index is 1010. The molecule has 0 bridgehead atoms. The van der Waals surface area contributed by atoms with Crippen molar-refractivity contribution < 1.29 is 24.2 Å². The molecule has 182 valence electrons. The molecule has 0 aliphatic heterocycles. The van der Waals surface area contributed by atoms with Crippen LogP contribution in [0.3, 0.4) is 0 Å². The normalized spacial score (nSPS) is 12.6. The zero-order valence-corrected chi connectivity index (χ0v) is 20.5. The van der Waals surface area contributed by atoms with Crippen LogP contribution in [-0.2, 0) is 28.0 Å². The first-order valence-electron chi connectivity index (χ1n) is 11.4. The fourth-order valence-corrected chi connectivity index (χ4v) is 3.98. The maximum Gasteiger partial charge on any atom is 0.330 e. The lowest BCUT2D eigenvalue weighted by Crippen LogP contribution is -2.37. The van der Waals surface area contributed by atoms with Crippen molar-refractivity contribution in [1.82, 2.24) is 4.90 Å². The molecule has 0 spiro atoms. The number of nitriles is 1. The number of rotatable bonds is 13. The van der Waals surface area contributed by atoms with Gasteiger partial charge in [-0.25, -0.2) is 4.79 Å². The number of ether oxygens (including phenoxy) is 2. The summed E-state index contributed by atoms with van der Waals surface area (Å²) in [6.07, 6.45) is 2.21. The molecule has 1 unspecified atom stereocenters. The van der Waals surface area contributed by atoms with Crippen molar-refractivity contribution in [3.05, 3.63) is 64.7 Å². The second kappa shape index (κ2) is 12.9. The fourth-order valence-electron chi connectivity index (χ4n) is 3.98. The molecule has 1 N–H and O–H groups in total. The Morgan fingerprint density at radius 1 is 1.12 bits per heavy atom. The third-order valence-corrected chi connectivity index (χ3v) is 6.14. The first-order valence-corrected chi connectivity index (χ1v) is 11.4. The van der Waals surface area contributed by atoms with Gasteiger partial charge in [0.15, 0.2) is 11.2 Å². The molecule has 34 heavy (non-hydrogen) atoms. The average molecular weight is 467 g/mol. The fraction of sp³-hybridized carbons (Fsp3) is 0.444. The summed E-state index contributed by atoms with van der Waals surface area (Å²) in [5.74, 6) is 0.0152. The molecule has 1 atom stereocenters. The number of hydrogen-bond donors (Lipinski definition) is 1. The summed E-state index contributed by atoms with van der Waals surface area (Å²) in [7, 11) is 4.77. The number of aliphatic hydroxyl groups is 1. The highest BCUT2D eigenvalue weighted by molar-refractivity contribution is 5.95. The van der Waals surface area contributed by atoms with Crippen molar-refractivity contribution in [3.63, 3.8) is 0 Å². The summed E-state index contributed by atoms with van der Waals surface area (Å²) in [4.78, 5) is 26.6. The lowest BCUT2D eigenvalue weighted by Gasteiger charge is -2.26. The SMILES string of the molecule is CCC(=O)c1ccc(CCN(C)CCCC(C#N)(C(=O)OC)c2ccc(OC)c(CO)c2)cc1. The number of Topliss-reactive ketones (excluding diaryl/α,β-unsaturated/α-hetero) is 1. The number of esters is 1. The lowest BCUT2D eigenvalue weighted by molar-refractivity contribution is -0.145. The van der Waals surface area contributed by atoms with Crippen LogP contribution in [0.15, 0.2) is 42.5 Å². The number of carbonyl (C=O) groups excluding carboxylic acids is 2. The summed E-state index contributed by atoms with van der Waals surface area (Å²) in [5.41, 5.74) is 1.41. The molecular weight excluding hydrogens is 432 g/mol. The molecular formula is C27H34N2O5. The Kier molecular flexibility index (Phi) is 10.2. The predicted octanol–water partition coefficient (Wildman–Crippen LogP) is 3.67. The van der Waals surface area contributed by atoms with Crippen LogP contribution in [-0.4, -0.2) is 56.1 Å². The Balaban J connectivity index is 2.04. The van der Waals surface area contributed by atoms with Gasteiger partial charge in [0.1, 0.15) is 5.75 Å². The van der Waals surface area contributed by atoms with Crippen molar-refractivity contribution in [3.8, 4) is 11.8 Å². The van der Waals surface area contributed by atoms with Crippen molar-refractivity contribution in [2.45, 2.75) is 44.6 Å². The summed E-state index contributed by atoms with van der Waals surface area (Å²) in [6.45, 7) is 3.08. The Labute approximate surface area is 201 Å². The maximum atomic E-state index is 12.7. The monoisotopic (exact) mass is 466 g/mol. The highest BCUT2D eigenvalue weighted by Gasteiger charge is 2.42. The maximum absolute atomic E-state index is 12.7. The van der Waals surface area contributed by atoms with Gasteiger partial charge in [0.05, 0.1) is 26.9 Å². The van der Waals surface area contributed by atoms with Gasteiger partial charge in [-0.3, -0.25) is 4.79 Å². The second-order valence-electron chi connectivity index (χ2n) is 8.32. The molecule has 0 aliphatic carbocycles. The number of likely N-dealkylation sites (N-methyl/N-ethyl adjacent to an activating group) is 1. The number of benzene rings is 2. The van der Waals surface area contributed by atoms with Gasteiger partial charge in [-0.2, -0.15) is 5.26 Å². The Morgan fingerprint density at radius 2 is 1.82 bits per heavy atom. The number of carbonyl (C=O) groups is 2. The van der Waals surface area contributed by atoms with E-state index in [1.165, 1.54) is 14.2 Å². The van der Waals surface area contributed by atoms with E-state index in [1.54, 1.807) is 18.2 Å². The van der Waals surface area contributed by atoms with Crippen LogP contribution < -0.4 is 4.74 Å². The van der Waals surface area contributed by atoms with Crippen molar-refractivity contribution in [2.24, 2.45) is 0 Å². The van der Waals surface area contributed by atoms with E-state index < -0.39 is 11.4 Å². The number of aliphatic hydroxyl groups excluding tert-OH is 1. The quantitative estimate of drug-likeness (QED) is 0.355. The second-order valence-corrected chi connectivity index (χ2v) is 8.32. The molecule has 0 saturated heterocycles. The smallest absolute Gasteiger partial charge is 0.330 e. The zero-order chi connectivity index (χ0) is 25.1. The van der Waals surface area contributed by atoms with E-state index in [4.69, 9.17) is 9.47 Å². The van der Waals surface area contributed by atoms with Gasteiger partial charge in [-0.05, 0) is 56.1 Å². The highest BCUT2D eigenvalue weighted by atomic mass is 16.5. The summed E-state index contributed by atoms with van der Waals surface area (Å²) < 4.78 is 10.2. The topological polar surface area (TPSA) is 99.9 Å². The molecule has 2 aromatic carbocycles. The van der Waals surface area contributed by atoms with Crippen LogP contribution in [0.5, 0.6) is 5.75 Å².